The summed E-state index contributed by atoms with van der Waals surface area (Å²) < 4.78 is 63.2. The van der Waals surface area contributed by atoms with Gasteiger partial charge in [0.15, 0.2) is 0 Å². The van der Waals surface area contributed by atoms with Crippen LogP contribution in [-0.4, -0.2) is 30.9 Å². The van der Waals surface area contributed by atoms with Crippen LogP contribution in [-0.2, 0) is 20.2 Å². The number of hydrogen-bond donors (Lipinski definition) is 4. The number of nitrogens with two attached hydrogens (primary N) is 1. The third kappa shape index (κ3) is 4.21. The third-order valence-electron chi connectivity index (χ3n) is 3.02. The maximum atomic E-state index is 11.4. The Morgan fingerprint density at radius 3 is 2.08 bits per heavy atom. The van der Waals surface area contributed by atoms with E-state index in [0.717, 1.165) is 18.2 Å². The number of anilines is 3. The van der Waals surface area contributed by atoms with E-state index in [2.05, 4.69) is 5.32 Å². The summed E-state index contributed by atoms with van der Waals surface area (Å²) in [6, 6.07) is 5.84. The molecule has 13 heteroatoms. The van der Waals surface area contributed by atoms with Crippen molar-refractivity contribution in [1.29, 1.82) is 0 Å². The Balaban J connectivity index is 2.61. The molecule has 0 fully saturated rings. The van der Waals surface area contributed by atoms with Crippen molar-refractivity contribution in [3.05, 3.63) is 46.5 Å². The van der Waals surface area contributed by atoms with Crippen molar-refractivity contribution >= 4 is 43.0 Å². The molecule has 11 nitrogen and oxygen atoms in total. The highest BCUT2D eigenvalue weighted by molar-refractivity contribution is 7.86. The summed E-state index contributed by atoms with van der Waals surface area (Å²) in [5, 5.41) is 13.6. The highest BCUT2D eigenvalue weighted by Crippen LogP contribution is 2.33. The first-order chi connectivity index (χ1) is 11.4. The monoisotopic (exact) mass is 389 g/mol. The van der Waals surface area contributed by atoms with Gasteiger partial charge in [-0.1, -0.05) is 0 Å². The molecule has 0 atom stereocenters. The second kappa shape index (κ2) is 6.29. The lowest BCUT2D eigenvalue weighted by Gasteiger charge is -2.11. The Hall–Kier alpha value is -2.74. The van der Waals surface area contributed by atoms with E-state index >= 15 is 0 Å². The fourth-order valence-electron chi connectivity index (χ4n) is 1.93. The number of nitro groups is 1. The number of nitrogens with one attached hydrogen (secondary N) is 1. The zero-order chi connectivity index (χ0) is 19.0. The SMILES string of the molecule is Nc1ccc(Nc2ccc(S(=O)(=O)O)cc2[N+](=O)[O-])c(S(=O)(=O)O)c1. The molecule has 2 aromatic rings. The molecule has 0 heterocycles. The van der Waals surface area contributed by atoms with Crippen molar-refractivity contribution in [2.45, 2.75) is 9.79 Å². The highest BCUT2D eigenvalue weighted by atomic mass is 32.2. The van der Waals surface area contributed by atoms with E-state index in [1.54, 1.807) is 0 Å². The largest absolute Gasteiger partial charge is 0.399 e. The van der Waals surface area contributed by atoms with Crippen LogP contribution >= 0.6 is 0 Å². The minimum Gasteiger partial charge on any atom is -0.399 e. The molecule has 0 aliphatic rings. The summed E-state index contributed by atoms with van der Waals surface area (Å²) in [6.07, 6.45) is 0. The van der Waals surface area contributed by atoms with Crippen molar-refractivity contribution in [1.82, 2.24) is 0 Å². The second-order valence-electron chi connectivity index (χ2n) is 4.77. The summed E-state index contributed by atoms with van der Waals surface area (Å²) in [4.78, 5) is 8.86. The number of benzene rings is 2. The lowest BCUT2D eigenvalue weighted by atomic mass is 10.2. The average molecular weight is 389 g/mol. The molecule has 134 valence electrons. The zero-order valence-electron chi connectivity index (χ0n) is 12.1. The smallest absolute Gasteiger partial charge is 0.296 e. The van der Waals surface area contributed by atoms with E-state index in [0.29, 0.717) is 6.07 Å². The summed E-state index contributed by atoms with van der Waals surface area (Å²) in [6.45, 7) is 0. The van der Waals surface area contributed by atoms with Gasteiger partial charge in [-0.05, 0) is 30.3 Å². The van der Waals surface area contributed by atoms with Crippen LogP contribution in [0.1, 0.15) is 0 Å². The Bertz CT molecular complexity index is 1060. The van der Waals surface area contributed by atoms with Gasteiger partial charge in [-0.25, -0.2) is 0 Å². The Morgan fingerprint density at radius 1 is 0.960 bits per heavy atom. The highest BCUT2D eigenvalue weighted by Gasteiger charge is 2.22. The number of hydrogen-bond acceptors (Lipinski definition) is 8. The number of nitrogen functional groups attached to an aromatic ring is 1. The van der Waals surface area contributed by atoms with E-state index in [1.807, 2.05) is 0 Å². The van der Waals surface area contributed by atoms with Crippen LogP contribution in [0.15, 0.2) is 46.2 Å². The van der Waals surface area contributed by atoms with Gasteiger partial charge in [-0.3, -0.25) is 19.2 Å². The minimum atomic E-state index is -4.69. The van der Waals surface area contributed by atoms with Crippen LogP contribution in [0.5, 0.6) is 0 Å². The molecule has 0 saturated carbocycles. The quantitative estimate of drug-likeness (QED) is 0.252. The molecule has 2 aromatic carbocycles. The molecule has 0 spiro atoms. The first kappa shape index (κ1) is 18.6. The van der Waals surface area contributed by atoms with Gasteiger partial charge in [0.05, 0.1) is 10.6 Å². The van der Waals surface area contributed by atoms with Crippen molar-refractivity contribution in [2.24, 2.45) is 0 Å². The number of nitro benzene ring substituents is 1. The van der Waals surface area contributed by atoms with Gasteiger partial charge < -0.3 is 11.1 Å². The van der Waals surface area contributed by atoms with E-state index in [1.165, 1.54) is 12.1 Å². The summed E-state index contributed by atoms with van der Waals surface area (Å²) in [5.41, 5.74) is 4.24. The van der Waals surface area contributed by atoms with Gasteiger partial charge in [0.2, 0.25) is 0 Å². The predicted molar refractivity (Wildman–Crippen MR) is 86.9 cm³/mol. The molecule has 5 N–H and O–H groups in total. The van der Waals surface area contributed by atoms with Gasteiger partial charge in [-0.15, -0.1) is 0 Å². The first-order valence-corrected chi connectivity index (χ1v) is 9.17. The molecular formula is C12H11N3O8S2. The Morgan fingerprint density at radius 2 is 1.56 bits per heavy atom. The van der Waals surface area contributed by atoms with Gasteiger partial charge in [-0.2, -0.15) is 16.8 Å². The summed E-state index contributed by atoms with van der Waals surface area (Å²) in [7, 11) is -9.36. The van der Waals surface area contributed by atoms with Crippen LogP contribution in [0.3, 0.4) is 0 Å². The van der Waals surface area contributed by atoms with Crippen LogP contribution in [0, 0.1) is 10.1 Å². The van der Waals surface area contributed by atoms with E-state index in [-0.39, 0.29) is 17.1 Å². The molecule has 2 rings (SSSR count). The zero-order valence-corrected chi connectivity index (χ0v) is 13.8. The van der Waals surface area contributed by atoms with Gasteiger partial charge in [0.1, 0.15) is 15.5 Å². The summed E-state index contributed by atoms with van der Waals surface area (Å²) in [5.74, 6) is 0. The summed E-state index contributed by atoms with van der Waals surface area (Å²) >= 11 is 0. The van der Waals surface area contributed by atoms with Crippen molar-refractivity contribution in [3.63, 3.8) is 0 Å². The Labute approximate surface area is 141 Å². The average Bonchev–Trinajstić information content (AvgIpc) is 2.47. The first-order valence-electron chi connectivity index (χ1n) is 6.29. The fourth-order valence-corrected chi connectivity index (χ4v) is 3.11. The van der Waals surface area contributed by atoms with E-state index in [4.69, 9.17) is 10.3 Å². The van der Waals surface area contributed by atoms with Crippen LogP contribution < -0.4 is 11.1 Å². The lowest BCUT2D eigenvalue weighted by Crippen LogP contribution is -2.06. The van der Waals surface area contributed by atoms with E-state index < -0.39 is 40.6 Å². The molecule has 0 radical (unpaired) electrons. The van der Waals surface area contributed by atoms with Gasteiger partial charge in [0, 0.05) is 11.8 Å². The maximum Gasteiger partial charge on any atom is 0.296 e. The Kier molecular flexibility index (Phi) is 4.68. The molecule has 0 aliphatic heterocycles. The topological polar surface area (TPSA) is 190 Å². The molecule has 0 amide bonds. The predicted octanol–water partition coefficient (Wildman–Crippen LogP) is 1.41. The van der Waals surface area contributed by atoms with Crippen molar-refractivity contribution in [3.8, 4) is 0 Å². The minimum absolute atomic E-state index is 0.0226. The fraction of sp³-hybridized carbons (Fsp3) is 0. The van der Waals surface area contributed by atoms with Crippen molar-refractivity contribution < 1.29 is 30.9 Å². The third-order valence-corrected chi connectivity index (χ3v) is 4.76. The van der Waals surface area contributed by atoms with Crippen LogP contribution in [0.25, 0.3) is 0 Å². The molecule has 0 bridgehead atoms. The molecule has 0 aliphatic carbocycles. The molecule has 0 saturated heterocycles. The van der Waals surface area contributed by atoms with Gasteiger partial charge in [0.25, 0.3) is 25.9 Å². The number of rotatable bonds is 5. The normalized spacial score (nSPS) is 11.9. The van der Waals surface area contributed by atoms with E-state index in [9.17, 15) is 31.5 Å². The lowest BCUT2D eigenvalue weighted by molar-refractivity contribution is -0.384. The second-order valence-corrected chi connectivity index (χ2v) is 7.58. The molecule has 25 heavy (non-hydrogen) atoms. The molecule has 0 aromatic heterocycles. The van der Waals surface area contributed by atoms with Crippen LogP contribution in [0.4, 0.5) is 22.7 Å². The maximum absolute atomic E-state index is 11.4. The molecule has 0 unspecified atom stereocenters. The van der Waals surface area contributed by atoms with Gasteiger partial charge >= 0.3 is 0 Å². The van der Waals surface area contributed by atoms with Crippen molar-refractivity contribution in [2.75, 3.05) is 11.1 Å². The number of nitrogens with zero attached hydrogens (tertiary/aromatic N) is 1. The molecular weight excluding hydrogens is 378 g/mol. The standard InChI is InChI=1S/C12H11N3O8S2/c13-7-1-3-10(12(5-7)25(21,22)23)14-9-4-2-8(24(18,19)20)6-11(9)15(16)17/h1-6,14H,13H2,(H,18,19,20)(H,21,22,23). The van der Waals surface area contributed by atoms with Crippen LogP contribution in [0.2, 0.25) is 0 Å².